The predicted octanol–water partition coefficient (Wildman–Crippen LogP) is 0.847. The molecule has 0 spiro atoms. The van der Waals surface area contributed by atoms with Crippen molar-refractivity contribution in [3.8, 4) is 0 Å². The maximum Gasteiger partial charge on any atom is 0.393 e. The molecule has 3 rings (SSSR count). The number of hydrogen-bond donors (Lipinski definition) is 0. The van der Waals surface area contributed by atoms with E-state index < -0.39 is 23.9 Å². The molecule has 24 heavy (non-hydrogen) atoms. The van der Waals surface area contributed by atoms with Crippen LogP contribution in [0.3, 0.4) is 0 Å². The van der Waals surface area contributed by atoms with E-state index in [4.69, 9.17) is 9.26 Å². The molecule has 2 aliphatic rings. The summed E-state index contributed by atoms with van der Waals surface area (Å²) in [6, 6.07) is 0. The van der Waals surface area contributed by atoms with Gasteiger partial charge in [0.1, 0.15) is 0 Å². The molecule has 2 aliphatic heterocycles. The molecular weight excluding hydrogens is 329 g/mol. The van der Waals surface area contributed by atoms with E-state index in [1.54, 1.807) is 11.8 Å². The number of halogens is 3. The Kier molecular flexibility index (Phi) is 4.77. The monoisotopic (exact) mass is 348 g/mol. The third-order valence-electron chi connectivity index (χ3n) is 4.38. The van der Waals surface area contributed by atoms with Crippen LogP contribution in [0.1, 0.15) is 11.7 Å². The Hall–Kier alpha value is -1.68. The Bertz CT molecular complexity index is 586. The van der Waals surface area contributed by atoms with Crippen molar-refractivity contribution in [2.75, 3.05) is 39.4 Å². The average Bonchev–Trinajstić information content (AvgIpc) is 3.14. The number of aryl methyl sites for hydroxylation is 1. The van der Waals surface area contributed by atoms with E-state index >= 15 is 0 Å². The summed E-state index contributed by atoms with van der Waals surface area (Å²) in [5.41, 5.74) is 0. The van der Waals surface area contributed by atoms with Crippen LogP contribution in [-0.4, -0.2) is 71.4 Å². The van der Waals surface area contributed by atoms with Crippen LogP contribution < -0.4 is 0 Å². The fourth-order valence-corrected chi connectivity index (χ4v) is 3.21. The quantitative estimate of drug-likeness (QED) is 0.806. The van der Waals surface area contributed by atoms with Crippen molar-refractivity contribution in [2.24, 2.45) is 11.8 Å². The van der Waals surface area contributed by atoms with Crippen LogP contribution in [0.5, 0.6) is 0 Å². The Labute approximate surface area is 136 Å². The van der Waals surface area contributed by atoms with E-state index in [-0.39, 0.29) is 25.5 Å². The summed E-state index contributed by atoms with van der Waals surface area (Å²) >= 11 is 0. The number of amides is 1. The van der Waals surface area contributed by atoms with Gasteiger partial charge in [0.2, 0.25) is 11.8 Å². The Morgan fingerprint density at radius 1 is 1.29 bits per heavy atom. The van der Waals surface area contributed by atoms with E-state index in [2.05, 4.69) is 10.1 Å². The summed E-state index contributed by atoms with van der Waals surface area (Å²) in [6.45, 7) is 2.93. The first-order valence-corrected chi connectivity index (χ1v) is 7.79. The number of carbonyl (C=O) groups is 1. The first kappa shape index (κ1) is 17.2. The van der Waals surface area contributed by atoms with Gasteiger partial charge >= 0.3 is 6.18 Å². The standard InChI is InChI=1S/C14H19F3N4O3/c1-9-18-12(24-19-9)8-20-6-10(11(7-20)14(15,16)17)13(22)21-2-4-23-5-3-21/h10-11H,2-8H2,1H3/t10-,11-/m0/s1. The minimum absolute atomic E-state index is 0.0296. The van der Waals surface area contributed by atoms with Crippen molar-refractivity contribution in [1.82, 2.24) is 19.9 Å². The van der Waals surface area contributed by atoms with Gasteiger partial charge in [0.15, 0.2) is 5.82 Å². The zero-order valence-corrected chi connectivity index (χ0v) is 13.3. The lowest BCUT2D eigenvalue weighted by Gasteiger charge is -2.31. The zero-order valence-electron chi connectivity index (χ0n) is 13.3. The Morgan fingerprint density at radius 3 is 2.58 bits per heavy atom. The van der Waals surface area contributed by atoms with Crippen molar-refractivity contribution >= 4 is 5.91 Å². The number of alkyl halides is 3. The van der Waals surface area contributed by atoms with Crippen LogP contribution in [0.15, 0.2) is 4.52 Å². The van der Waals surface area contributed by atoms with E-state index in [9.17, 15) is 18.0 Å². The topological polar surface area (TPSA) is 71.7 Å². The molecule has 10 heteroatoms. The van der Waals surface area contributed by atoms with Gasteiger partial charge < -0.3 is 14.2 Å². The maximum absolute atomic E-state index is 13.4. The van der Waals surface area contributed by atoms with E-state index in [0.717, 1.165) is 0 Å². The van der Waals surface area contributed by atoms with Crippen LogP contribution in [0.25, 0.3) is 0 Å². The highest BCUT2D eigenvalue weighted by Crippen LogP contribution is 2.39. The third-order valence-corrected chi connectivity index (χ3v) is 4.38. The molecule has 2 saturated heterocycles. The van der Waals surface area contributed by atoms with E-state index in [1.165, 1.54) is 4.90 Å². The molecule has 0 saturated carbocycles. The number of carbonyl (C=O) groups excluding carboxylic acids is 1. The second-order valence-corrected chi connectivity index (χ2v) is 6.12. The molecule has 0 bridgehead atoms. The van der Waals surface area contributed by atoms with Gasteiger partial charge in [0.05, 0.1) is 31.6 Å². The number of nitrogens with zero attached hydrogens (tertiary/aromatic N) is 4. The third kappa shape index (κ3) is 3.69. The molecule has 134 valence electrons. The summed E-state index contributed by atoms with van der Waals surface area (Å²) in [7, 11) is 0. The molecule has 0 N–H and O–H groups in total. The van der Waals surface area contributed by atoms with Crippen molar-refractivity contribution < 1.29 is 27.2 Å². The molecule has 0 unspecified atom stereocenters. The van der Waals surface area contributed by atoms with Gasteiger partial charge in [-0.2, -0.15) is 18.2 Å². The van der Waals surface area contributed by atoms with Crippen molar-refractivity contribution in [2.45, 2.75) is 19.6 Å². The molecule has 1 aromatic rings. The molecule has 2 atom stereocenters. The lowest BCUT2D eigenvalue weighted by molar-refractivity contribution is -0.187. The summed E-state index contributed by atoms with van der Waals surface area (Å²) in [4.78, 5) is 19.6. The highest BCUT2D eigenvalue weighted by molar-refractivity contribution is 5.80. The highest BCUT2D eigenvalue weighted by atomic mass is 19.4. The van der Waals surface area contributed by atoms with Crippen molar-refractivity contribution in [1.29, 1.82) is 0 Å². The van der Waals surface area contributed by atoms with Gasteiger partial charge in [-0.1, -0.05) is 5.16 Å². The molecule has 1 aromatic heterocycles. The highest BCUT2D eigenvalue weighted by Gasteiger charge is 2.53. The number of ether oxygens (including phenoxy) is 1. The van der Waals surface area contributed by atoms with Crippen molar-refractivity contribution in [3.05, 3.63) is 11.7 Å². The van der Waals surface area contributed by atoms with Crippen LogP contribution in [0.2, 0.25) is 0 Å². The van der Waals surface area contributed by atoms with Gasteiger partial charge in [-0.3, -0.25) is 9.69 Å². The molecule has 2 fully saturated rings. The molecule has 0 aromatic carbocycles. The number of hydrogen-bond acceptors (Lipinski definition) is 6. The van der Waals surface area contributed by atoms with Gasteiger partial charge in [0.25, 0.3) is 0 Å². The van der Waals surface area contributed by atoms with E-state index in [0.29, 0.717) is 32.1 Å². The van der Waals surface area contributed by atoms with Crippen molar-refractivity contribution in [3.63, 3.8) is 0 Å². The predicted molar refractivity (Wildman–Crippen MR) is 74.7 cm³/mol. The first-order chi connectivity index (χ1) is 11.3. The van der Waals surface area contributed by atoms with Crippen LogP contribution in [0.4, 0.5) is 13.2 Å². The summed E-state index contributed by atoms with van der Waals surface area (Å²) in [5, 5.41) is 3.63. The fraction of sp³-hybridized carbons (Fsp3) is 0.786. The number of rotatable bonds is 3. The molecular formula is C14H19F3N4O3. The number of morpholine rings is 1. The average molecular weight is 348 g/mol. The minimum atomic E-state index is -4.42. The second-order valence-electron chi connectivity index (χ2n) is 6.12. The van der Waals surface area contributed by atoms with Gasteiger partial charge in [-0.05, 0) is 6.92 Å². The summed E-state index contributed by atoms with van der Waals surface area (Å²) < 4.78 is 50.3. The maximum atomic E-state index is 13.4. The van der Waals surface area contributed by atoms with Gasteiger partial charge in [-0.15, -0.1) is 0 Å². The summed E-state index contributed by atoms with van der Waals surface area (Å²) in [5.74, 6) is -2.56. The number of likely N-dealkylation sites (tertiary alicyclic amines) is 1. The van der Waals surface area contributed by atoms with Gasteiger partial charge in [0, 0.05) is 26.2 Å². The van der Waals surface area contributed by atoms with Gasteiger partial charge in [-0.25, -0.2) is 0 Å². The van der Waals surface area contributed by atoms with Crippen LogP contribution in [-0.2, 0) is 16.1 Å². The Balaban J connectivity index is 1.71. The molecule has 7 nitrogen and oxygen atoms in total. The second kappa shape index (κ2) is 6.67. The molecule has 0 radical (unpaired) electrons. The molecule has 3 heterocycles. The normalized spacial score (nSPS) is 26.1. The van der Waals surface area contributed by atoms with E-state index in [1.807, 2.05) is 0 Å². The first-order valence-electron chi connectivity index (χ1n) is 7.79. The lowest BCUT2D eigenvalue weighted by Crippen LogP contribution is -2.47. The molecule has 1 amide bonds. The van der Waals surface area contributed by atoms with Crippen LogP contribution in [0, 0.1) is 18.8 Å². The van der Waals surface area contributed by atoms with Crippen LogP contribution >= 0.6 is 0 Å². The zero-order chi connectivity index (χ0) is 17.3. The lowest BCUT2D eigenvalue weighted by atomic mass is 9.94. The molecule has 0 aliphatic carbocycles. The smallest absolute Gasteiger partial charge is 0.378 e. The largest absolute Gasteiger partial charge is 0.393 e. The number of aromatic nitrogens is 2. The fourth-order valence-electron chi connectivity index (χ4n) is 3.21. The Morgan fingerprint density at radius 2 is 2.00 bits per heavy atom. The summed E-state index contributed by atoms with van der Waals surface area (Å²) in [6.07, 6.45) is -4.42. The SMILES string of the molecule is Cc1noc(CN2C[C@H](C(=O)N3CCOCC3)[C@@H](C(F)(F)F)C2)n1. The minimum Gasteiger partial charge on any atom is -0.378 e.